The Bertz CT molecular complexity index is 537. The zero-order valence-electron chi connectivity index (χ0n) is 12.0. The Hall–Kier alpha value is -1.67. The van der Waals surface area contributed by atoms with Crippen LogP contribution < -0.4 is 10.1 Å². The van der Waals surface area contributed by atoms with E-state index in [4.69, 9.17) is 9.47 Å². The van der Waals surface area contributed by atoms with Crippen LogP contribution >= 0.6 is 15.9 Å². The molecule has 1 atom stereocenters. The third-order valence-corrected chi connectivity index (χ3v) is 3.33. The first-order valence-corrected chi connectivity index (χ1v) is 7.05. The number of nitrogens with one attached hydrogen (secondary N) is 1. The van der Waals surface area contributed by atoms with Crippen molar-refractivity contribution in [1.82, 2.24) is 5.32 Å². The number of carbonyl (C=O) groups is 1. The quantitative estimate of drug-likeness (QED) is 0.455. The minimum atomic E-state index is -1.03. The molecule has 0 saturated carbocycles. The lowest BCUT2D eigenvalue weighted by Gasteiger charge is -2.26. The van der Waals surface area contributed by atoms with Crippen molar-refractivity contribution in [2.75, 3.05) is 20.3 Å². The van der Waals surface area contributed by atoms with Crippen LogP contribution in [0.4, 0.5) is 5.69 Å². The lowest BCUT2D eigenvalue weighted by molar-refractivity contribution is -0.385. The van der Waals surface area contributed by atoms with Crippen molar-refractivity contribution in [2.24, 2.45) is 0 Å². The van der Waals surface area contributed by atoms with E-state index in [1.807, 2.05) is 0 Å². The molecule has 8 heteroatoms. The summed E-state index contributed by atoms with van der Waals surface area (Å²) in [6.07, 6.45) is 0. The first-order valence-electron chi connectivity index (χ1n) is 6.26. The van der Waals surface area contributed by atoms with Gasteiger partial charge in [-0.25, -0.2) is 4.79 Å². The van der Waals surface area contributed by atoms with E-state index in [1.165, 1.54) is 12.1 Å². The fourth-order valence-electron chi connectivity index (χ4n) is 1.49. The molecule has 1 aromatic carbocycles. The Kier molecular flexibility index (Phi) is 6.10. The number of ether oxygens (including phenoxy) is 2. The van der Waals surface area contributed by atoms with E-state index in [2.05, 4.69) is 21.2 Å². The van der Waals surface area contributed by atoms with Crippen LogP contribution in [0.2, 0.25) is 0 Å². The summed E-state index contributed by atoms with van der Waals surface area (Å²) in [6.45, 7) is 3.60. The normalized spacial score (nSPS) is 13.3. The molecule has 0 bridgehead atoms. The average Bonchev–Trinajstić information content (AvgIpc) is 2.44. The number of rotatable bonds is 7. The third-order valence-electron chi connectivity index (χ3n) is 2.87. The van der Waals surface area contributed by atoms with Gasteiger partial charge in [-0.2, -0.15) is 0 Å². The fraction of sp³-hybridized carbons (Fsp3) is 0.462. The molecule has 0 aliphatic carbocycles. The molecule has 1 aromatic rings. The van der Waals surface area contributed by atoms with Crippen LogP contribution in [-0.2, 0) is 9.53 Å². The Balaban J connectivity index is 2.86. The van der Waals surface area contributed by atoms with Crippen molar-refractivity contribution >= 4 is 27.6 Å². The number of benzene rings is 1. The van der Waals surface area contributed by atoms with Gasteiger partial charge in [0.1, 0.15) is 17.9 Å². The molecule has 0 spiro atoms. The highest BCUT2D eigenvalue weighted by molar-refractivity contribution is 9.10. The maximum atomic E-state index is 11.9. The van der Waals surface area contributed by atoms with Crippen molar-refractivity contribution < 1.29 is 19.2 Å². The van der Waals surface area contributed by atoms with E-state index in [9.17, 15) is 14.9 Å². The predicted molar refractivity (Wildman–Crippen MR) is 80.4 cm³/mol. The number of hydrogen-bond donors (Lipinski definition) is 1. The molecule has 0 aliphatic heterocycles. The number of non-ortho nitro benzene ring substituents is 1. The molecule has 7 nitrogen and oxygen atoms in total. The highest BCUT2D eigenvalue weighted by Crippen LogP contribution is 2.26. The Labute approximate surface area is 130 Å². The van der Waals surface area contributed by atoms with Crippen molar-refractivity contribution in [3.63, 3.8) is 0 Å². The second-order valence-corrected chi connectivity index (χ2v) is 5.41. The van der Waals surface area contributed by atoms with Gasteiger partial charge in [-0.05, 0) is 27.0 Å². The lowest BCUT2D eigenvalue weighted by atomic mass is 10.1. The molecule has 0 fully saturated rings. The second kappa shape index (κ2) is 7.37. The van der Waals surface area contributed by atoms with Crippen LogP contribution in [-0.4, -0.2) is 36.7 Å². The van der Waals surface area contributed by atoms with Crippen LogP contribution in [0.1, 0.15) is 13.8 Å². The van der Waals surface area contributed by atoms with Crippen LogP contribution in [0.25, 0.3) is 0 Å². The summed E-state index contributed by atoms with van der Waals surface area (Å²) < 4.78 is 11.0. The van der Waals surface area contributed by atoms with E-state index in [1.54, 1.807) is 27.0 Å². The van der Waals surface area contributed by atoms with Crippen molar-refractivity contribution in [1.29, 1.82) is 0 Å². The highest BCUT2D eigenvalue weighted by Gasteiger charge is 2.34. The van der Waals surface area contributed by atoms with Crippen LogP contribution in [0.3, 0.4) is 0 Å². The van der Waals surface area contributed by atoms with Crippen molar-refractivity contribution in [2.45, 2.75) is 19.4 Å². The first-order chi connectivity index (χ1) is 9.82. The van der Waals surface area contributed by atoms with E-state index >= 15 is 0 Å². The van der Waals surface area contributed by atoms with E-state index in [0.29, 0.717) is 10.2 Å². The minimum absolute atomic E-state index is 0.0179. The largest absolute Gasteiger partial charge is 0.491 e. The monoisotopic (exact) mass is 360 g/mol. The predicted octanol–water partition coefficient (Wildman–Crippen LogP) is 2.28. The lowest BCUT2D eigenvalue weighted by Crippen LogP contribution is -2.53. The van der Waals surface area contributed by atoms with E-state index in [0.717, 1.165) is 0 Å². The van der Waals surface area contributed by atoms with Gasteiger partial charge in [-0.15, -0.1) is 0 Å². The summed E-state index contributed by atoms with van der Waals surface area (Å²) in [5.41, 5.74) is -1.13. The fourth-order valence-corrected chi connectivity index (χ4v) is 1.95. The molecule has 116 valence electrons. The summed E-state index contributed by atoms with van der Waals surface area (Å²) in [6, 6.07) is 4.26. The minimum Gasteiger partial charge on any atom is -0.491 e. The van der Waals surface area contributed by atoms with Crippen molar-refractivity contribution in [3.05, 3.63) is 32.8 Å². The zero-order chi connectivity index (χ0) is 16.0. The molecule has 0 aliphatic rings. The summed E-state index contributed by atoms with van der Waals surface area (Å²) in [5.74, 6) is -0.154. The maximum Gasteiger partial charge on any atom is 0.329 e. The number of esters is 1. The molecule has 0 radical (unpaired) electrons. The number of carbonyl (C=O) groups excluding carboxylic acids is 1. The SMILES string of the molecule is CCOC(=O)C(C)(COc1cc(Br)cc([N+](=O)[O-])c1)NC. The molecular formula is C13H17BrN2O5. The summed E-state index contributed by atoms with van der Waals surface area (Å²) >= 11 is 3.18. The number of nitrogens with zero attached hydrogens (tertiary/aromatic N) is 1. The molecule has 1 rings (SSSR count). The number of likely N-dealkylation sites (N-methyl/N-ethyl adjacent to an activating group) is 1. The molecule has 0 aromatic heterocycles. The smallest absolute Gasteiger partial charge is 0.329 e. The molecule has 1 unspecified atom stereocenters. The van der Waals surface area contributed by atoms with Crippen molar-refractivity contribution in [3.8, 4) is 5.75 Å². The van der Waals surface area contributed by atoms with Gasteiger partial charge in [0.25, 0.3) is 5.69 Å². The molecular weight excluding hydrogens is 344 g/mol. The van der Waals surface area contributed by atoms with Gasteiger partial charge in [0, 0.05) is 10.5 Å². The van der Waals surface area contributed by atoms with E-state index in [-0.39, 0.29) is 18.9 Å². The van der Waals surface area contributed by atoms with Gasteiger partial charge in [0.2, 0.25) is 0 Å². The average molecular weight is 361 g/mol. The van der Waals surface area contributed by atoms with Crippen LogP contribution in [0.5, 0.6) is 5.75 Å². The van der Waals surface area contributed by atoms with Gasteiger partial charge in [0.05, 0.1) is 17.6 Å². The van der Waals surface area contributed by atoms with Crippen LogP contribution in [0, 0.1) is 10.1 Å². The van der Waals surface area contributed by atoms with Crippen LogP contribution in [0.15, 0.2) is 22.7 Å². The van der Waals surface area contributed by atoms with E-state index < -0.39 is 16.4 Å². The highest BCUT2D eigenvalue weighted by atomic mass is 79.9. The molecule has 0 amide bonds. The standard InChI is InChI=1S/C13H17BrN2O5/c1-4-20-12(17)13(2,15-3)8-21-11-6-9(14)5-10(7-11)16(18)19/h5-7,15H,4,8H2,1-3H3. The number of nitro groups is 1. The Morgan fingerprint density at radius 2 is 2.14 bits per heavy atom. The Morgan fingerprint density at radius 3 is 2.67 bits per heavy atom. The van der Waals surface area contributed by atoms with Gasteiger partial charge in [-0.3, -0.25) is 10.1 Å². The van der Waals surface area contributed by atoms with Gasteiger partial charge in [0.15, 0.2) is 0 Å². The number of nitro benzene ring substituents is 1. The second-order valence-electron chi connectivity index (χ2n) is 4.49. The number of hydrogen-bond acceptors (Lipinski definition) is 6. The van der Waals surface area contributed by atoms with Gasteiger partial charge < -0.3 is 14.8 Å². The molecule has 0 saturated heterocycles. The number of halogens is 1. The summed E-state index contributed by atoms with van der Waals surface area (Å²) in [4.78, 5) is 22.2. The first kappa shape index (κ1) is 17.4. The molecule has 1 N–H and O–H groups in total. The zero-order valence-corrected chi connectivity index (χ0v) is 13.6. The maximum absolute atomic E-state index is 11.9. The third kappa shape index (κ3) is 4.68. The Morgan fingerprint density at radius 1 is 1.48 bits per heavy atom. The van der Waals surface area contributed by atoms with Gasteiger partial charge >= 0.3 is 5.97 Å². The topological polar surface area (TPSA) is 90.7 Å². The molecule has 21 heavy (non-hydrogen) atoms. The molecule has 0 heterocycles. The van der Waals surface area contributed by atoms with Gasteiger partial charge in [-0.1, -0.05) is 15.9 Å². The summed E-state index contributed by atoms with van der Waals surface area (Å²) in [7, 11) is 1.61. The summed E-state index contributed by atoms with van der Waals surface area (Å²) in [5, 5.41) is 13.6.